The predicted octanol–water partition coefficient (Wildman–Crippen LogP) is 1.21. The number of hydrogen-bond donors (Lipinski definition) is 0. The van der Waals surface area contributed by atoms with Crippen LogP contribution in [0.4, 0.5) is 0 Å². The van der Waals surface area contributed by atoms with Crippen LogP contribution < -0.4 is 0 Å². The molecule has 1 heterocycles. The third kappa shape index (κ3) is 2.41. The first kappa shape index (κ1) is 13.8. The number of nitrogens with zero attached hydrogens (tertiary/aromatic N) is 2. The Hall–Kier alpha value is -0.610. The van der Waals surface area contributed by atoms with Crippen LogP contribution in [0.3, 0.4) is 0 Å². The van der Waals surface area contributed by atoms with Gasteiger partial charge in [-0.25, -0.2) is 0 Å². The van der Waals surface area contributed by atoms with Gasteiger partial charge < -0.3 is 14.5 Å². The first-order chi connectivity index (χ1) is 8.51. The monoisotopic (exact) mass is 254 g/mol. The number of likely N-dealkylation sites (tertiary alicyclic amines) is 1. The lowest BCUT2D eigenvalue weighted by Gasteiger charge is -2.41. The molecule has 104 valence electrons. The maximum Gasteiger partial charge on any atom is 0.313 e. The number of carbonyl (C=O) groups excluding carboxylic acids is 1. The van der Waals surface area contributed by atoms with E-state index in [1.807, 2.05) is 0 Å². The summed E-state index contributed by atoms with van der Waals surface area (Å²) in [6.45, 7) is 2.29. The SMILES string of the molecule is COC(=O)C1(C(C2CCN(C)CC2)N(C)C)CC1. The Labute approximate surface area is 110 Å². The molecule has 0 aromatic heterocycles. The fourth-order valence-electron chi connectivity index (χ4n) is 3.67. The van der Waals surface area contributed by atoms with E-state index in [0.717, 1.165) is 25.9 Å². The molecule has 4 nitrogen and oxygen atoms in total. The summed E-state index contributed by atoms with van der Waals surface area (Å²) < 4.78 is 5.04. The molecule has 1 aliphatic carbocycles. The molecule has 1 unspecified atom stereocenters. The summed E-state index contributed by atoms with van der Waals surface area (Å²) in [5, 5.41) is 0. The van der Waals surface area contributed by atoms with Crippen molar-refractivity contribution in [2.45, 2.75) is 31.7 Å². The van der Waals surface area contributed by atoms with Gasteiger partial charge in [-0.1, -0.05) is 0 Å². The standard InChI is InChI=1S/C14H26N2O2/c1-15(2)12(11-5-9-16(3)10-6-11)14(7-8-14)13(17)18-4/h11-12H,5-10H2,1-4H3. The van der Waals surface area contributed by atoms with Gasteiger partial charge in [-0.05, 0) is 65.8 Å². The fraction of sp³-hybridized carbons (Fsp3) is 0.929. The summed E-state index contributed by atoms with van der Waals surface area (Å²) in [5.41, 5.74) is -0.209. The number of methoxy groups -OCH3 is 1. The number of piperidine rings is 1. The summed E-state index contributed by atoms with van der Waals surface area (Å²) in [6.07, 6.45) is 4.37. The summed E-state index contributed by atoms with van der Waals surface area (Å²) in [4.78, 5) is 16.7. The van der Waals surface area contributed by atoms with Crippen LogP contribution in [0.15, 0.2) is 0 Å². The Morgan fingerprint density at radius 2 is 1.89 bits per heavy atom. The second kappa shape index (κ2) is 5.17. The summed E-state index contributed by atoms with van der Waals surface area (Å²) in [5.74, 6) is 0.623. The summed E-state index contributed by atoms with van der Waals surface area (Å²) >= 11 is 0. The van der Waals surface area contributed by atoms with Crippen molar-refractivity contribution in [1.82, 2.24) is 9.80 Å². The summed E-state index contributed by atoms with van der Waals surface area (Å²) in [6, 6.07) is 0.346. The van der Waals surface area contributed by atoms with Gasteiger partial charge in [-0.15, -0.1) is 0 Å². The lowest BCUT2D eigenvalue weighted by molar-refractivity contribution is -0.151. The van der Waals surface area contributed by atoms with Crippen molar-refractivity contribution in [2.75, 3.05) is 41.3 Å². The van der Waals surface area contributed by atoms with Crippen LogP contribution in [0.25, 0.3) is 0 Å². The van der Waals surface area contributed by atoms with Gasteiger partial charge in [0.2, 0.25) is 0 Å². The molecule has 0 amide bonds. The zero-order valence-corrected chi connectivity index (χ0v) is 12.1. The van der Waals surface area contributed by atoms with E-state index in [1.165, 1.54) is 20.0 Å². The van der Waals surface area contributed by atoms with Crippen LogP contribution in [-0.4, -0.2) is 63.2 Å². The first-order valence-corrected chi connectivity index (χ1v) is 6.94. The number of ether oxygens (including phenoxy) is 1. The minimum absolute atomic E-state index is 0.000119. The Morgan fingerprint density at radius 1 is 1.33 bits per heavy atom. The third-order valence-electron chi connectivity index (χ3n) is 4.71. The smallest absolute Gasteiger partial charge is 0.313 e. The number of carbonyl (C=O) groups is 1. The lowest BCUT2D eigenvalue weighted by Crippen LogP contribution is -2.49. The molecule has 0 aromatic carbocycles. The van der Waals surface area contributed by atoms with Crippen LogP contribution >= 0.6 is 0 Å². The van der Waals surface area contributed by atoms with Crippen molar-refractivity contribution < 1.29 is 9.53 Å². The second-order valence-electron chi connectivity index (χ2n) is 6.20. The van der Waals surface area contributed by atoms with Crippen molar-refractivity contribution >= 4 is 5.97 Å². The van der Waals surface area contributed by atoms with Gasteiger partial charge >= 0.3 is 5.97 Å². The maximum atomic E-state index is 12.1. The molecule has 1 aliphatic heterocycles. The Kier molecular flexibility index (Phi) is 3.97. The number of esters is 1. The van der Waals surface area contributed by atoms with Gasteiger partial charge in [0, 0.05) is 6.04 Å². The average molecular weight is 254 g/mol. The normalized spacial score (nSPS) is 26.1. The van der Waals surface area contributed by atoms with Crippen molar-refractivity contribution in [3.05, 3.63) is 0 Å². The molecule has 4 heteroatoms. The molecule has 0 N–H and O–H groups in total. The number of rotatable bonds is 4. The molecule has 18 heavy (non-hydrogen) atoms. The molecule has 1 atom stereocenters. The maximum absolute atomic E-state index is 12.1. The van der Waals surface area contributed by atoms with Crippen molar-refractivity contribution in [1.29, 1.82) is 0 Å². The first-order valence-electron chi connectivity index (χ1n) is 6.94. The van der Waals surface area contributed by atoms with E-state index in [1.54, 1.807) is 0 Å². The Morgan fingerprint density at radius 3 is 2.28 bits per heavy atom. The van der Waals surface area contributed by atoms with Crippen LogP contribution in [0, 0.1) is 11.3 Å². The molecule has 2 rings (SSSR count). The quantitative estimate of drug-likeness (QED) is 0.706. The fourth-order valence-corrected chi connectivity index (χ4v) is 3.67. The van der Waals surface area contributed by atoms with Gasteiger partial charge in [-0.2, -0.15) is 0 Å². The lowest BCUT2D eigenvalue weighted by atomic mass is 9.79. The third-order valence-corrected chi connectivity index (χ3v) is 4.71. The highest BCUT2D eigenvalue weighted by molar-refractivity contribution is 5.80. The second-order valence-corrected chi connectivity index (χ2v) is 6.20. The highest BCUT2D eigenvalue weighted by Gasteiger charge is 2.59. The highest BCUT2D eigenvalue weighted by Crippen LogP contribution is 2.54. The van der Waals surface area contributed by atoms with E-state index in [9.17, 15) is 4.79 Å². The minimum atomic E-state index is -0.209. The van der Waals surface area contributed by atoms with Gasteiger partial charge in [0.1, 0.15) is 0 Å². The molecule has 0 aromatic rings. The Balaban J connectivity index is 2.12. The highest BCUT2D eigenvalue weighted by atomic mass is 16.5. The molecular formula is C14H26N2O2. The van der Waals surface area contributed by atoms with Crippen LogP contribution in [0.1, 0.15) is 25.7 Å². The van der Waals surface area contributed by atoms with E-state index in [4.69, 9.17) is 4.74 Å². The van der Waals surface area contributed by atoms with E-state index in [-0.39, 0.29) is 11.4 Å². The van der Waals surface area contributed by atoms with Gasteiger partial charge in [0.15, 0.2) is 0 Å². The molecule has 0 radical (unpaired) electrons. The molecule has 1 saturated heterocycles. The van der Waals surface area contributed by atoms with Gasteiger partial charge in [0.25, 0.3) is 0 Å². The van der Waals surface area contributed by atoms with Crippen molar-refractivity contribution in [3.8, 4) is 0 Å². The zero-order chi connectivity index (χ0) is 13.3. The summed E-state index contributed by atoms with van der Waals surface area (Å²) in [7, 11) is 7.90. The van der Waals surface area contributed by atoms with Crippen LogP contribution in [0.2, 0.25) is 0 Å². The van der Waals surface area contributed by atoms with Gasteiger partial charge in [0.05, 0.1) is 12.5 Å². The molecular weight excluding hydrogens is 228 g/mol. The minimum Gasteiger partial charge on any atom is -0.469 e. The topological polar surface area (TPSA) is 32.8 Å². The molecule has 2 aliphatic rings. The van der Waals surface area contributed by atoms with E-state index in [0.29, 0.717) is 12.0 Å². The van der Waals surface area contributed by atoms with Crippen molar-refractivity contribution in [2.24, 2.45) is 11.3 Å². The zero-order valence-electron chi connectivity index (χ0n) is 12.1. The largest absolute Gasteiger partial charge is 0.469 e. The molecule has 0 spiro atoms. The average Bonchev–Trinajstić information content (AvgIpc) is 3.12. The molecule has 1 saturated carbocycles. The predicted molar refractivity (Wildman–Crippen MR) is 71.4 cm³/mol. The van der Waals surface area contributed by atoms with E-state index >= 15 is 0 Å². The number of hydrogen-bond acceptors (Lipinski definition) is 4. The Bertz CT molecular complexity index is 305. The van der Waals surface area contributed by atoms with E-state index in [2.05, 4.69) is 30.9 Å². The van der Waals surface area contributed by atoms with Gasteiger partial charge in [-0.3, -0.25) is 4.79 Å². The van der Waals surface area contributed by atoms with Crippen LogP contribution in [-0.2, 0) is 9.53 Å². The molecule has 0 bridgehead atoms. The van der Waals surface area contributed by atoms with Crippen molar-refractivity contribution in [3.63, 3.8) is 0 Å². The van der Waals surface area contributed by atoms with E-state index < -0.39 is 0 Å². The van der Waals surface area contributed by atoms with Crippen LogP contribution in [0.5, 0.6) is 0 Å². The molecule has 2 fully saturated rings.